The van der Waals surface area contributed by atoms with Crippen LogP contribution in [0.3, 0.4) is 0 Å². The summed E-state index contributed by atoms with van der Waals surface area (Å²) in [6.07, 6.45) is 1.67. The van der Waals surface area contributed by atoms with Gasteiger partial charge in [-0.15, -0.1) is 0 Å². The first-order valence-corrected chi connectivity index (χ1v) is 4.96. The molecule has 0 atom stereocenters. The molecule has 0 aliphatic rings. The van der Waals surface area contributed by atoms with E-state index in [1.165, 1.54) is 0 Å². The fourth-order valence-corrected chi connectivity index (χ4v) is 1.15. The van der Waals surface area contributed by atoms with Crippen molar-refractivity contribution in [1.29, 1.82) is 0 Å². The van der Waals surface area contributed by atoms with Gasteiger partial charge in [0.15, 0.2) is 0 Å². The van der Waals surface area contributed by atoms with Gasteiger partial charge in [-0.25, -0.2) is 0 Å². The zero-order valence-electron chi connectivity index (χ0n) is 8.20. The summed E-state index contributed by atoms with van der Waals surface area (Å²) in [6, 6.07) is 3.54. The molecule has 14 heavy (non-hydrogen) atoms. The van der Waals surface area contributed by atoms with Crippen LogP contribution in [0.2, 0.25) is 5.02 Å². The molecule has 0 bridgehead atoms. The Bertz CT molecular complexity index is 268. The predicted octanol–water partition coefficient (Wildman–Crippen LogP) is 2.29. The maximum atomic E-state index is 5.79. The number of rotatable bonds is 6. The normalized spacial score (nSPS) is 10.4. The van der Waals surface area contributed by atoms with Crippen LogP contribution in [0.1, 0.15) is 12.6 Å². The maximum absolute atomic E-state index is 5.79. The van der Waals surface area contributed by atoms with Crippen LogP contribution in [0, 0.1) is 0 Å². The highest BCUT2D eigenvalue weighted by atomic mass is 35.5. The van der Waals surface area contributed by atoms with Gasteiger partial charge >= 0.3 is 0 Å². The van der Waals surface area contributed by atoms with Crippen LogP contribution in [-0.4, -0.2) is 24.8 Å². The van der Waals surface area contributed by atoms with Crippen molar-refractivity contribution in [3.05, 3.63) is 29.0 Å². The molecule has 0 aliphatic carbocycles. The monoisotopic (exact) mass is 215 g/mol. The second-order valence-corrected chi connectivity index (χ2v) is 3.15. The number of nitrogens with zero attached hydrogens (tertiary/aromatic N) is 1. The number of ether oxygens (including phenoxy) is 2. The molecule has 0 unspecified atom stereocenters. The Hall–Kier alpha value is -0.640. The molecule has 0 radical (unpaired) electrons. The number of aromatic nitrogens is 1. The Morgan fingerprint density at radius 3 is 2.86 bits per heavy atom. The maximum Gasteiger partial charge on any atom is 0.0889 e. The fraction of sp³-hybridized carbons (Fsp3) is 0.500. The lowest BCUT2D eigenvalue weighted by atomic mass is 10.4. The molecular weight excluding hydrogens is 202 g/mol. The minimum absolute atomic E-state index is 0.480. The van der Waals surface area contributed by atoms with Crippen molar-refractivity contribution < 1.29 is 9.47 Å². The lowest BCUT2D eigenvalue weighted by Crippen LogP contribution is -2.04. The molecule has 1 rings (SSSR count). The van der Waals surface area contributed by atoms with Crippen LogP contribution in [0.15, 0.2) is 18.3 Å². The van der Waals surface area contributed by atoms with Crippen molar-refractivity contribution in [3.63, 3.8) is 0 Å². The van der Waals surface area contributed by atoms with Gasteiger partial charge in [-0.2, -0.15) is 0 Å². The fourth-order valence-electron chi connectivity index (χ4n) is 0.967. The van der Waals surface area contributed by atoms with Crippen LogP contribution in [0.4, 0.5) is 0 Å². The van der Waals surface area contributed by atoms with Crippen LogP contribution in [0.5, 0.6) is 0 Å². The van der Waals surface area contributed by atoms with E-state index < -0.39 is 0 Å². The summed E-state index contributed by atoms with van der Waals surface area (Å²) in [7, 11) is 0. The molecular formula is C10H14ClNO2. The van der Waals surface area contributed by atoms with Crippen molar-refractivity contribution >= 4 is 11.6 Å². The van der Waals surface area contributed by atoms with E-state index in [-0.39, 0.29) is 0 Å². The van der Waals surface area contributed by atoms with E-state index in [1.807, 2.05) is 6.92 Å². The molecule has 1 heterocycles. The third-order valence-corrected chi connectivity index (χ3v) is 1.84. The molecule has 0 fully saturated rings. The summed E-state index contributed by atoms with van der Waals surface area (Å²) in [4.78, 5) is 4.11. The number of pyridine rings is 1. The molecule has 1 aromatic rings. The van der Waals surface area contributed by atoms with Gasteiger partial charge in [-0.3, -0.25) is 4.98 Å². The second-order valence-electron chi connectivity index (χ2n) is 2.71. The summed E-state index contributed by atoms with van der Waals surface area (Å²) in [5.74, 6) is 0. The van der Waals surface area contributed by atoms with Crippen molar-refractivity contribution in [2.45, 2.75) is 13.5 Å². The molecule has 0 saturated heterocycles. The predicted molar refractivity (Wildman–Crippen MR) is 55.4 cm³/mol. The highest BCUT2D eigenvalue weighted by molar-refractivity contribution is 6.30. The van der Waals surface area contributed by atoms with E-state index >= 15 is 0 Å². The molecule has 3 nitrogen and oxygen atoms in total. The van der Waals surface area contributed by atoms with E-state index in [9.17, 15) is 0 Å². The summed E-state index contributed by atoms with van der Waals surface area (Å²) >= 11 is 5.79. The van der Waals surface area contributed by atoms with Crippen LogP contribution >= 0.6 is 11.6 Å². The van der Waals surface area contributed by atoms with Gasteiger partial charge in [0, 0.05) is 17.8 Å². The molecule has 0 aliphatic heterocycles. The van der Waals surface area contributed by atoms with Crippen molar-refractivity contribution in [1.82, 2.24) is 4.98 Å². The van der Waals surface area contributed by atoms with Crippen molar-refractivity contribution in [3.8, 4) is 0 Å². The number of halogens is 1. The number of hydrogen-bond donors (Lipinski definition) is 0. The third kappa shape index (κ3) is 4.56. The first-order chi connectivity index (χ1) is 6.83. The van der Waals surface area contributed by atoms with Crippen LogP contribution in [0.25, 0.3) is 0 Å². The summed E-state index contributed by atoms with van der Waals surface area (Å²) in [6.45, 7) is 4.37. The van der Waals surface area contributed by atoms with E-state index in [2.05, 4.69) is 4.98 Å². The van der Waals surface area contributed by atoms with Gasteiger partial charge in [-0.1, -0.05) is 11.6 Å². The zero-order valence-corrected chi connectivity index (χ0v) is 8.96. The first-order valence-electron chi connectivity index (χ1n) is 4.59. The van der Waals surface area contributed by atoms with Gasteiger partial charge in [0.25, 0.3) is 0 Å². The Morgan fingerprint density at radius 1 is 1.36 bits per heavy atom. The van der Waals surface area contributed by atoms with E-state index in [1.54, 1.807) is 18.3 Å². The zero-order chi connectivity index (χ0) is 10.2. The summed E-state index contributed by atoms with van der Waals surface area (Å²) in [5.41, 5.74) is 0.842. The molecule has 0 saturated carbocycles. The average molecular weight is 216 g/mol. The van der Waals surface area contributed by atoms with E-state index in [0.29, 0.717) is 24.8 Å². The molecule has 0 amide bonds. The summed E-state index contributed by atoms with van der Waals surface area (Å²) < 4.78 is 10.5. The standard InChI is InChI=1S/C10H14ClNO2/c1-2-13-5-6-14-8-10-7-9(11)3-4-12-10/h3-4,7H,2,5-6,8H2,1H3. The second kappa shape index (κ2) is 6.76. The SMILES string of the molecule is CCOCCOCc1cc(Cl)ccn1. The van der Waals surface area contributed by atoms with E-state index in [4.69, 9.17) is 21.1 Å². The van der Waals surface area contributed by atoms with Gasteiger partial charge < -0.3 is 9.47 Å². The molecule has 0 N–H and O–H groups in total. The van der Waals surface area contributed by atoms with Gasteiger partial charge in [0.1, 0.15) is 0 Å². The smallest absolute Gasteiger partial charge is 0.0889 e. The molecule has 1 aromatic heterocycles. The van der Waals surface area contributed by atoms with Crippen molar-refractivity contribution in [2.24, 2.45) is 0 Å². The van der Waals surface area contributed by atoms with Crippen molar-refractivity contribution in [2.75, 3.05) is 19.8 Å². The highest BCUT2D eigenvalue weighted by Gasteiger charge is 1.95. The molecule has 78 valence electrons. The topological polar surface area (TPSA) is 31.4 Å². The lowest BCUT2D eigenvalue weighted by Gasteiger charge is -2.03. The van der Waals surface area contributed by atoms with Crippen LogP contribution < -0.4 is 0 Å². The highest BCUT2D eigenvalue weighted by Crippen LogP contribution is 2.08. The average Bonchev–Trinajstić information content (AvgIpc) is 2.18. The largest absolute Gasteiger partial charge is 0.379 e. The minimum atomic E-state index is 0.480. The molecule has 4 heteroatoms. The van der Waals surface area contributed by atoms with Crippen LogP contribution in [-0.2, 0) is 16.1 Å². The molecule has 0 spiro atoms. The Balaban J connectivity index is 2.18. The number of hydrogen-bond acceptors (Lipinski definition) is 3. The minimum Gasteiger partial charge on any atom is -0.379 e. The Kier molecular flexibility index (Phi) is 5.52. The molecule has 0 aromatic carbocycles. The quantitative estimate of drug-likeness (QED) is 0.683. The van der Waals surface area contributed by atoms with E-state index in [0.717, 1.165) is 12.3 Å². The Labute approximate surface area is 89.0 Å². The third-order valence-electron chi connectivity index (χ3n) is 1.60. The van der Waals surface area contributed by atoms with Gasteiger partial charge in [0.05, 0.1) is 25.5 Å². The summed E-state index contributed by atoms with van der Waals surface area (Å²) in [5, 5.41) is 0.684. The Morgan fingerprint density at radius 2 is 2.14 bits per heavy atom. The lowest BCUT2D eigenvalue weighted by molar-refractivity contribution is 0.0441. The van der Waals surface area contributed by atoms with Gasteiger partial charge in [-0.05, 0) is 19.1 Å². The first kappa shape index (κ1) is 11.4. The van der Waals surface area contributed by atoms with Gasteiger partial charge in [0.2, 0.25) is 0 Å².